The fraction of sp³-hybridized carbons (Fsp3) is 0.467. The van der Waals surface area contributed by atoms with Crippen molar-refractivity contribution in [2.75, 3.05) is 13.7 Å². The molecule has 0 radical (unpaired) electrons. The summed E-state index contributed by atoms with van der Waals surface area (Å²) < 4.78 is 2.14. The van der Waals surface area contributed by atoms with E-state index in [1.54, 1.807) is 0 Å². The zero-order valence-electron chi connectivity index (χ0n) is 11.5. The van der Waals surface area contributed by atoms with Gasteiger partial charge in [-0.15, -0.1) is 0 Å². The standard InChI is InChI=1S/C15H22N2/c1-11-8-12(2)13(3)15(9-11)17-7-6-16(5,10-17)14(17)4/h6-9,14H,10H2,1-5H3/q+2. The van der Waals surface area contributed by atoms with Gasteiger partial charge in [0, 0.05) is 18.6 Å². The highest BCUT2D eigenvalue weighted by Gasteiger charge is 2.66. The van der Waals surface area contributed by atoms with Crippen LogP contribution >= 0.6 is 0 Å². The van der Waals surface area contributed by atoms with Crippen molar-refractivity contribution < 1.29 is 4.48 Å². The SMILES string of the molecule is Cc1cc(C)c(C)c([N+]23C=C[N+](C)(C2)C3C)c1. The van der Waals surface area contributed by atoms with Crippen LogP contribution in [0.4, 0.5) is 5.69 Å². The van der Waals surface area contributed by atoms with Crippen LogP contribution in [-0.2, 0) is 0 Å². The van der Waals surface area contributed by atoms with E-state index >= 15 is 0 Å². The fourth-order valence-electron chi connectivity index (χ4n) is 3.54. The average Bonchev–Trinajstić information content (AvgIpc) is 2.75. The van der Waals surface area contributed by atoms with Crippen LogP contribution in [0.5, 0.6) is 0 Å². The van der Waals surface area contributed by atoms with E-state index in [0.717, 1.165) is 8.97 Å². The van der Waals surface area contributed by atoms with Gasteiger partial charge in [0.25, 0.3) is 0 Å². The molecule has 3 aliphatic heterocycles. The van der Waals surface area contributed by atoms with Gasteiger partial charge in [-0.3, -0.25) is 0 Å². The molecule has 1 saturated heterocycles. The summed E-state index contributed by atoms with van der Waals surface area (Å²) in [5, 5.41) is 0. The molecular weight excluding hydrogens is 208 g/mol. The van der Waals surface area contributed by atoms with Crippen molar-refractivity contribution in [1.29, 1.82) is 0 Å². The zero-order valence-corrected chi connectivity index (χ0v) is 11.5. The number of hydrogen-bond donors (Lipinski definition) is 0. The molecule has 90 valence electrons. The molecule has 0 saturated carbocycles. The van der Waals surface area contributed by atoms with Crippen LogP contribution in [0.25, 0.3) is 0 Å². The molecule has 4 rings (SSSR count). The van der Waals surface area contributed by atoms with E-state index in [4.69, 9.17) is 0 Å². The third-order valence-electron chi connectivity index (χ3n) is 4.97. The van der Waals surface area contributed by atoms with Crippen molar-refractivity contribution in [2.45, 2.75) is 33.9 Å². The predicted octanol–water partition coefficient (Wildman–Crippen LogP) is 3.17. The Balaban J connectivity index is 2.16. The molecule has 1 aromatic carbocycles. The third-order valence-corrected chi connectivity index (χ3v) is 4.97. The fourth-order valence-corrected chi connectivity index (χ4v) is 3.54. The molecule has 0 amide bonds. The minimum Gasteiger partial charge on any atom is -0.199 e. The van der Waals surface area contributed by atoms with Gasteiger partial charge in [-0.1, -0.05) is 6.07 Å². The molecule has 1 fully saturated rings. The maximum atomic E-state index is 2.39. The molecule has 1 aromatic rings. The quantitative estimate of drug-likeness (QED) is 0.650. The highest BCUT2D eigenvalue weighted by Crippen LogP contribution is 2.48. The van der Waals surface area contributed by atoms with E-state index in [9.17, 15) is 0 Å². The second-order valence-electron chi connectivity index (χ2n) is 6.07. The first-order chi connectivity index (χ1) is 7.89. The minimum atomic E-state index is 0.634. The summed E-state index contributed by atoms with van der Waals surface area (Å²) in [5.41, 5.74) is 5.75. The Hall–Kier alpha value is -1.12. The lowest BCUT2D eigenvalue weighted by Crippen LogP contribution is -2.76. The first kappa shape index (κ1) is 11.0. The predicted molar refractivity (Wildman–Crippen MR) is 72.1 cm³/mol. The first-order valence-corrected chi connectivity index (χ1v) is 6.40. The lowest BCUT2D eigenvalue weighted by molar-refractivity contribution is -0.941. The van der Waals surface area contributed by atoms with Crippen LogP contribution in [0.2, 0.25) is 0 Å². The Morgan fingerprint density at radius 2 is 1.82 bits per heavy atom. The number of hydrogen-bond acceptors (Lipinski definition) is 0. The van der Waals surface area contributed by atoms with Gasteiger partial charge >= 0.3 is 0 Å². The number of quaternary nitrogens is 2. The molecule has 3 unspecified atom stereocenters. The molecule has 3 aliphatic rings. The summed E-state index contributed by atoms with van der Waals surface area (Å²) >= 11 is 0. The van der Waals surface area contributed by atoms with Gasteiger partial charge in [0.15, 0.2) is 18.1 Å². The smallest absolute Gasteiger partial charge is 0.199 e. The van der Waals surface area contributed by atoms with Gasteiger partial charge in [-0.05, 0) is 31.9 Å². The van der Waals surface area contributed by atoms with E-state index in [2.05, 4.69) is 59.3 Å². The van der Waals surface area contributed by atoms with Crippen LogP contribution in [0.3, 0.4) is 0 Å². The minimum absolute atomic E-state index is 0.634. The highest BCUT2D eigenvalue weighted by molar-refractivity contribution is 5.58. The monoisotopic (exact) mass is 230 g/mol. The normalized spacial score (nSPS) is 38.3. The van der Waals surface area contributed by atoms with Crippen LogP contribution < -0.4 is 4.48 Å². The third kappa shape index (κ3) is 1.17. The second-order valence-corrected chi connectivity index (χ2v) is 6.07. The number of aryl methyl sites for hydroxylation is 2. The van der Waals surface area contributed by atoms with Gasteiger partial charge in [0.1, 0.15) is 0 Å². The van der Waals surface area contributed by atoms with Crippen molar-refractivity contribution in [3.05, 3.63) is 41.2 Å². The van der Waals surface area contributed by atoms with Crippen molar-refractivity contribution in [3.8, 4) is 0 Å². The Labute approximate surface area is 104 Å². The molecule has 3 atom stereocenters. The molecule has 17 heavy (non-hydrogen) atoms. The Bertz CT molecular complexity index is 532. The van der Waals surface area contributed by atoms with Crippen LogP contribution in [-0.4, -0.2) is 24.4 Å². The summed E-state index contributed by atoms with van der Waals surface area (Å²) in [4.78, 5) is 0. The summed E-state index contributed by atoms with van der Waals surface area (Å²) in [6.45, 7) is 10.2. The maximum absolute atomic E-state index is 2.39. The van der Waals surface area contributed by atoms with E-state index in [-0.39, 0.29) is 0 Å². The van der Waals surface area contributed by atoms with Gasteiger partial charge < -0.3 is 0 Å². The molecule has 0 N–H and O–H groups in total. The van der Waals surface area contributed by atoms with Crippen molar-refractivity contribution in [1.82, 2.24) is 4.48 Å². The Kier molecular flexibility index (Phi) is 1.94. The number of benzene rings is 1. The van der Waals surface area contributed by atoms with Crippen LogP contribution in [0, 0.1) is 20.8 Å². The zero-order chi connectivity index (χ0) is 12.4. The molecular formula is C15H22N2+2. The van der Waals surface area contributed by atoms with Crippen molar-refractivity contribution in [3.63, 3.8) is 0 Å². The average molecular weight is 230 g/mol. The van der Waals surface area contributed by atoms with E-state index in [1.165, 1.54) is 29.0 Å². The lowest BCUT2D eigenvalue weighted by atomic mass is 10.0. The lowest BCUT2D eigenvalue weighted by Gasteiger charge is -2.51. The Morgan fingerprint density at radius 3 is 2.35 bits per heavy atom. The highest BCUT2D eigenvalue weighted by atomic mass is 15.7. The molecule has 0 spiro atoms. The summed E-state index contributed by atoms with van der Waals surface area (Å²) in [7, 11) is 2.32. The molecule has 2 nitrogen and oxygen atoms in total. The number of nitrogens with zero attached hydrogens (tertiary/aromatic N) is 2. The largest absolute Gasteiger partial charge is 0.235 e. The Morgan fingerprint density at radius 1 is 1.12 bits per heavy atom. The second kappa shape index (κ2) is 3.01. The summed E-state index contributed by atoms with van der Waals surface area (Å²) in [6.07, 6.45) is 5.39. The topological polar surface area (TPSA) is 0 Å². The van der Waals surface area contributed by atoms with Crippen LogP contribution in [0.1, 0.15) is 23.6 Å². The molecule has 0 aliphatic carbocycles. The van der Waals surface area contributed by atoms with Gasteiger partial charge in [0.05, 0.1) is 7.05 Å². The van der Waals surface area contributed by atoms with Crippen molar-refractivity contribution >= 4 is 5.69 Å². The van der Waals surface area contributed by atoms with Crippen LogP contribution in [0.15, 0.2) is 24.5 Å². The summed E-state index contributed by atoms with van der Waals surface area (Å²) in [5.74, 6) is 0. The number of rotatable bonds is 1. The maximum Gasteiger partial charge on any atom is 0.235 e. The summed E-state index contributed by atoms with van der Waals surface area (Å²) in [6, 6.07) is 4.66. The van der Waals surface area contributed by atoms with E-state index in [0.29, 0.717) is 6.17 Å². The van der Waals surface area contributed by atoms with Gasteiger partial charge in [-0.25, -0.2) is 0 Å². The van der Waals surface area contributed by atoms with Gasteiger partial charge in [-0.2, -0.15) is 8.97 Å². The van der Waals surface area contributed by atoms with Gasteiger partial charge in [0.2, 0.25) is 12.8 Å². The van der Waals surface area contributed by atoms with E-state index in [1.807, 2.05) is 0 Å². The van der Waals surface area contributed by atoms with Crippen molar-refractivity contribution in [2.24, 2.45) is 0 Å². The molecule has 3 heterocycles. The molecule has 2 bridgehead atoms. The molecule has 2 heteroatoms. The first-order valence-electron chi connectivity index (χ1n) is 6.40. The molecule has 0 aromatic heterocycles. The van der Waals surface area contributed by atoms with E-state index < -0.39 is 0 Å².